The van der Waals surface area contributed by atoms with Crippen molar-refractivity contribution in [3.63, 3.8) is 0 Å². The molecule has 1 aliphatic rings. The number of alkyl halides is 3. The zero-order valence-corrected chi connectivity index (χ0v) is 20.0. The molecule has 2 aromatic rings. The fourth-order valence-corrected chi connectivity index (χ4v) is 3.54. The van der Waals surface area contributed by atoms with Crippen molar-refractivity contribution >= 4 is 46.7 Å². The molecule has 3 rings (SSSR count). The molecule has 1 unspecified atom stereocenters. The normalized spacial score (nSPS) is 16.4. The lowest BCUT2D eigenvalue weighted by atomic mass is 10.1. The topological polar surface area (TPSA) is 78.9 Å². The van der Waals surface area contributed by atoms with Gasteiger partial charge in [-0.3, -0.25) is 9.69 Å². The van der Waals surface area contributed by atoms with E-state index in [-0.39, 0.29) is 12.0 Å². The van der Waals surface area contributed by atoms with Crippen molar-refractivity contribution in [2.24, 2.45) is 0 Å². The minimum Gasteiger partial charge on any atom is -0.475 e. The van der Waals surface area contributed by atoms with E-state index in [0.29, 0.717) is 41.2 Å². The number of nitrogens with zero attached hydrogens (tertiary/aromatic N) is 1. The SMILES string of the molecule is O=C(Cc1ccc(Cl)cc1)NCC1CN(Cc2cccc(Cl)c2Cl)CCO1.O=C(O)C(F)(F)F. The number of aliphatic carboxylic acids is 1. The Morgan fingerprint density at radius 1 is 1.12 bits per heavy atom. The molecule has 0 spiro atoms. The van der Waals surface area contributed by atoms with Crippen LogP contribution in [0.3, 0.4) is 0 Å². The Kier molecular flexibility index (Phi) is 10.9. The van der Waals surface area contributed by atoms with E-state index in [0.717, 1.165) is 24.2 Å². The van der Waals surface area contributed by atoms with Crippen LogP contribution in [0.15, 0.2) is 42.5 Å². The summed E-state index contributed by atoms with van der Waals surface area (Å²) in [5, 5.41) is 11.9. The molecule has 1 atom stereocenters. The molecule has 1 amide bonds. The van der Waals surface area contributed by atoms with E-state index in [2.05, 4.69) is 10.2 Å². The van der Waals surface area contributed by atoms with Crippen molar-refractivity contribution in [2.75, 3.05) is 26.2 Å². The fourth-order valence-electron chi connectivity index (χ4n) is 3.04. The summed E-state index contributed by atoms with van der Waals surface area (Å²) in [6.45, 7) is 3.35. The standard InChI is InChI=1S/C20H21Cl3N2O2.C2HF3O2/c21-16-6-4-14(5-7-16)10-19(26)24-11-17-13-25(8-9-27-17)12-15-2-1-3-18(22)20(15)23;3-2(4,5)1(6)7/h1-7,17H,8-13H2,(H,24,26);(H,6,7). The molecule has 1 fully saturated rings. The Hall–Kier alpha value is -2.04. The molecule has 12 heteroatoms. The zero-order chi connectivity index (χ0) is 25.3. The maximum absolute atomic E-state index is 12.1. The van der Waals surface area contributed by atoms with E-state index in [4.69, 9.17) is 49.4 Å². The van der Waals surface area contributed by atoms with Gasteiger partial charge in [0.15, 0.2) is 0 Å². The lowest BCUT2D eigenvalue weighted by molar-refractivity contribution is -0.192. The summed E-state index contributed by atoms with van der Waals surface area (Å²) in [6.07, 6.45) is -4.81. The third-order valence-electron chi connectivity index (χ3n) is 4.70. The number of ether oxygens (including phenoxy) is 1. The highest BCUT2D eigenvalue weighted by molar-refractivity contribution is 6.42. The third-order valence-corrected chi connectivity index (χ3v) is 5.81. The van der Waals surface area contributed by atoms with Crippen LogP contribution in [0.2, 0.25) is 15.1 Å². The predicted octanol–water partition coefficient (Wildman–Crippen LogP) is 4.84. The number of hydrogen-bond donors (Lipinski definition) is 2. The van der Waals surface area contributed by atoms with Crippen molar-refractivity contribution in [1.29, 1.82) is 0 Å². The second-order valence-electron chi connectivity index (χ2n) is 7.35. The van der Waals surface area contributed by atoms with Gasteiger partial charge in [-0.1, -0.05) is 59.1 Å². The van der Waals surface area contributed by atoms with Gasteiger partial charge in [0.2, 0.25) is 5.91 Å². The fraction of sp³-hybridized carbons (Fsp3) is 0.364. The smallest absolute Gasteiger partial charge is 0.475 e. The van der Waals surface area contributed by atoms with Crippen LogP contribution in [0.4, 0.5) is 13.2 Å². The molecular formula is C22H22Cl3F3N2O4. The summed E-state index contributed by atoms with van der Waals surface area (Å²) >= 11 is 18.2. The minimum atomic E-state index is -5.08. The maximum atomic E-state index is 12.1. The molecule has 1 saturated heterocycles. The number of carbonyl (C=O) groups is 2. The molecular weight excluding hydrogens is 520 g/mol. The minimum absolute atomic E-state index is 0.0315. The zero-order valence-electron chi connectivity index (χ0n) is 17.7. The van der Waals surface area contributed by atoms with E-state index >= 15 is 0 Å². The Morgan fingerprint density at radius 3 is 2.38 bits per heavy atom. The van der Waals surface area contributed by atoms with Crippen LogP contribution in [0.1, 0.15) is 11.1 Å². The molecule has 0 aliphatic carbocycles. The van der Waals surface area contributed by atoms with Crippen LogP contribution in [0.25, 0.3) is 0 Å². The van der Waals surface area contributed by atoms with Crippen LogP contribution >= 0.6 is 34.8 Å². The van der Waals surface area contributed by atoms with Gasteiger partial charge in [0.25, 0.3) is 0 Å². The summed E-state index contributed by atoms with van der Waals surface area (Å²) in [5.74, 6) is -2.79. The number of carboxylic acids is 1. The molecule has 0 bridgehead atoms. The number of rotatable bonds is 6. The van der Waals surface area contributed by atoms with E-state index < -0.39 is 12.1 Å². The molecule has 2 N–H and O–H groups in total. The summed E-state index contributed by atoms with van der Waals surface area (Å²) in [6, 6.07) is 12.9. The van der Waals surface area contributed by atoms with Gasteiger partial charge in [-0.15, -0.1) is 0 Å². The van der Waals surface area contributed by atoms with Crippen LogP contribution in [0, 0.1) is 0 Å². The molecule has 6 nitrogen and oxygen atoms in total. The van der Waals surface area contributed by atoms with Crippen molar-refractivity contribution in [3.05, 3.63) is 68.7 Å². The largest absolute Gasteiger partial charge is 0.490 e. The highest BCUT2D eigenvalue weighted by Crippen LogP contribution is 2.27. The first-order chi connectivity index (χ1) is 16.0. The van der Waals surface area contributed by atoms with Crippen molar-refractivity contribution in [1.82, 2.24) is 10.2 Å². The molecule has 1 heterocycles. The number of hydrogen-bond acceptors (Lipinski definition) is 4. The van der Waals surface area contributed by atoms with Gasteiger partial charge in [-0.2, -0.15) is 13.2 Å². The average Bonchev–Trinajstić information content (AvgIpc) is 2.77. The summed E-state index contributed by atoms with van der Waals surface area (Å²) < 4.78 is 37.5. The van der Waals surface area contributed by atoms with Crippen LogP contribution in [0.5, 0.6) is 0 Å². The molecule has 186 valence electrons. The molecule has 2 aromatic carbocycles. The average molecular weight is 542 g/mol. The van der Waals surface area contributed by atoms with Crippen molar-refractivity contribution in [3.8, 4) is 0 Å². The van der Waals surface area contributed by atoms with Crippen LogP contribution < -0.4 is 5.32 Å². The number of nitrogens with one attached hydrogen (secondary N) is 1. The van der Waals surface area contributed by atoms with Gasteiger partial charge in [0.1, 0.15) is 0 Å². The second kappa shape index (κ2) is 13.2. The first-order valence-corrected chi connectivity index (χ1v) is 11.2. The maximum Gasteiger partial charge on any atom is 0.490 e. The molecule has 0 saturated carbocycles. The molecule has 34 heavy (non-hydrogen) atoms. The molecule has 0 radical (unpaired) electrons. The van der Waals surface area contributed by atoms with E-state index in [1.165, 1.54) is 0 Å². The van der Waals surface area contributed by atoms with Crippen molar-refractivity contribution in [2.45, 2.75) is 25.2 Å². The summed E-state index contributed by atoms with van der Waals surface area (Å²) in [5.41, 5.74) is 1.93. The highest BCUT2D eigenvalue weighted by Gasteiger charge is 2.38. The Labute approximate surface area is 209 Å². The summed E-state index contributed by atoms with van der Waals surface area (Å²) in [4.78, 5) is 23.3. The Balaban J connectivity index is 0.000000509. The van der Waals surface area contributed by atoms with E-state index in [1.807, 2.05) is 24.3 Å². The molecule has 1 aliphatic heterocycles. The van der Waals surface area contributed by atoms with Crippen LogP contribution in [-0.4, -0.2) is 60.4 Å². The number of morpholine rings is 1. The quantitative estimate of drug-likeness (QED) is 0.547. The first-order valence-electron chi connectivity index (χ1n) is 10.0. The van der Waals surface area contributed by atoms with Crippen LogP contribution in [-0.2, 0) is 27.3 Å². The lowest BCUT2D eigenvalue weighted by Gasteiger charge is -2.33. The third kappa shape index (κ3) is 9.68. The second-order valence-corrected chi connectivity index (χ2v) is 8.57. The Morgan fingerprint density at radius 2 is 1.76 bits per heavy atom. The Bertz CT molecular complexity index is 975. The predicted molar refractivity (Wildman–Crippen MR) is 123 cm³/mol. The first kappa shape index (κ1) is 28.2. The lowest BCUT2D eigenvalue weighted by Crippen LogP contribution is -2.47. The number of carboxylic acid groups (broad SMARTS) is 1. The van der Waals surface area contributed by atoms with E-state index in [1.54, 1.807) is 18.2 Å². The van der Waals surface area contributed by atoms with Gasteiger partial charge < -0.3 is 15.2 Å². The van der Waals surface area contributed by atoms with Gasteiger partial charge >= 0.3 is 12.1 Å². The number of carbonyl (C=O) groups excluding carboxylic acids is 1. The van der Waals surface area contributed by atoms with Crippen molar-refractivity contribution < 1.29 is 32.6 Å². The van der Waals surface area contributed by atoms with Gasteiger partial charge in [-0.25, -0.2) is 4.79 Å². The van der Waals surface area contributed by atoms with E-state index in [9.17, 15) is 18.0 Å². The monoisotopic (exact) mass is 540 g/mol. The summed E-state index contributed by atoms with van der Waals surface area (Å²) in [7, 11) is 0. The number of halogens is 6. The molecule has 0 aromatic heterocycles. The van der Waals surface area contributed by atoms with Gasteiger partial charge in [0.05, 0.1) is 29.2 Å². The highest BCUT2D eigenvalue weighted by atomic mass is 35.5. The van der Waals surface area contributed by atoms with Gasteiger partial charge in [-0.05, 0) is 29.3 Å². The van der Waals surface area contributed by atoms with Gasteiger partial charge in [0, 0.05) is 31.2 Å². The number of benzene rings is 2. The number of amides is 1.